The maximum atomic E-state index is 9.35. The van der Waals surface area contributed by atoms with Gasteiger partial charge in [0.2, 0.25) is 0 Å². The summed E-state index contributed by atoms with van der Waals surface area (Å²) in [5.41, 5.74) is 1.11. The second-order valence-corrected chi connectivity index (χ2v) is 4.69. The summed E-state index contributed by atoms with van der Waals surface area (Å²) in [6, 6.07) is 5.10. The standard InChI is InChI=1S/C15H24O2.Na/c1-2-3-4-5-6-7-8-9-13-10-11-14(16)15(17)12-13;/h10-12,16-17H,2-9H2,1H3;. The van der Waals surface area contributed by atoms with Gasteiger partial charge in [-0.2, -0.15) is 0 Å². The first kappa shape index (κ1) is 17.8. The Balaban J connectivity index is 0.00000289. The normalized spacial score (nSPS) is 10.1. The molecule has 1 aromatic carbocycles. The van der Waals surface area contributed by atoms with Gasteiger partial charge in [0.1, 0.15) is 0 Å². The van der Waals surface area contributed by atoms with Crippen LogP contribution in [0.2, 0.25) is 0 Å². The number of unbranched alkanes of at least 4 members (excludes halogenated alkanes) is 6. The topological polar surface area (TPSA) is 40.5 Å². The Bertz CT molecular complexity index is 326. The molecule has 0 saturated carbocycles. The first-order chi connectivity index (χ1) is 8.24. The Hall–Kier alpha value is -0.180. The van der Waals surface area contributed by atoms with Crippen LogP contribution in [0.15, 0.2) is 18.2 Å². The van der Waals surface area contributed by atoms with Crippen LogP contribution in [-0.2, 0) is 6.42 Å². The van der Waals surface area contributed by atoms with E-state index < -0.39 is 0 Å². The molecule has 3 heteroatoms. The second-order valence-electron chi connectivity index (χ2n) is 4.69. The molecule has 0 spiro atoms. The molecule has 0 aromatic heterocycles. The molecule has 0 bridgehead atoms. The van der Waals surface area contributed by atoms with Gasteiger partial charge in [-0.25, -0.2) is 0 Å². The number of phenols is 2. The first-order valence-electron chi connectivity index (χ1n) is 6.75. The SMILES string of the molecule is CCCCCCCCCc1ccc(O)c(O)c1.[Na]. The number of benzene rings is 1. The molecule has 2 N–H and O–H groups in total. The zero-order chi connectivity index (χ0) is 12.5. The number of rotatable bonds is 8. The molecule has 97 valence electrons. The fourth-order valence-electron chi connectivity index (χ4n) is 2.01. The van der Waals surface area contributed by atoms with Gasteiger partial charge in [0.15, 0.2) is 11.5 Å². The maximum absolute atomic E-state index is 9.35. The van der Waals surface area contributed by atoms with Crippen LogP contribution >= 0.6 is 0 Å². The van der Waals surface area contributed by atoms with E-state index in [1.165, 1.54) is 38.5 Å². The summed E-state index contributed by atoms with van der Waals surface area (Å²) < 4.78 is 0. The fourth-order valence-corrected chi connectivity index (χ4v) is 2.01. The zero-order valence-corrected chi connectivity index (χ0v) is 13.8. The number of aromatic hydroxyl groups is 2. The van der Waals surface area contributed by atoms with Crippen molar-refractivity contribution in [2.24, 2.45) is 0 Å². The van der Waals surface area contributed by atoms with Crippen molar-refractivity contribution in [3.05, 3.63) is 23.8 Å². The van der Waals surface area contributed by atoms with Gasteiger partial charge in [-0.3, -0.25) is 0 Å². The molecule has 0 fully saturated rings. The summed E-state index contributed by atoms with van der Waals surface area (Å²) in [6.45, 7) is 2.23. The van der Waals surface area contributed by atoms with E-state index in [1.807, 2.05) is 6.07 Å². The van der Waals surface area contributed by atoms with E-state index in [-0.39, 0.29) is 41.1 Å². The van der Waals surface area contributed by atoms with E-state index in [0.29, 0.717) is 0 Å². The molecule has 0 unspecified atom stereocenters. The van der Waals surface area contributed by atoms with E-state index in [9.17, 15) is 10.2 Å². The van der Waals surface area contributed by atoms with Crippen LogP contribution in [0, 0.1) is 0 Å². The minimum absolute atomic E-state index is 0. The number of phenolic OH excluding ortho intramolecular Hbond substituents is 2. The van der Waals surface area contributed by atoms with E-state index in [4.69, 9.17) is 0 Å². The van der Waals surface area contributed by atoms with Crippen molar-refractivity contribution in [1.29, 1.82) is 0 Å². The number of aryl methyl sites for hydroxylation is 1. The molecule has 0 aliphatic heterocycles. The molecule has 1 rings (SSSR count). The average Bonchev–Trinajstić information content (AvgIpc) is 2.32. The van der Waals surface area contributed by atoms with Crippen LogP contribution in [0.1, 0.15) is 57.4 Å². The van der Waals surface area contributed by atoms with Crippen LogP contribution in [0.3, 0.4) is 0 Å². The van der Waals surface area contributed by atoms with Crippen molar-refractivity contribution in [2.75, 3.05) is 0 Å². The van der Waals surface area contributed by atoms with Gasteiger partial charge in [-0.05, 0) is 30.5 Å². The molecule has 0 aliphatic rings. The predicted octanol–water partition coefficient (Wildman–Crippen LogP) is 4.01. The molecule has 0 aliphatic carbocycles. The van der Waals surface area contributed by atoms with Crippen molar-refractivity contribution >= 4 is 29.6 Å². The number of hydrogen-bond donors (Lipinski definition) is 2. The summed E-state index contributed by atoms with van der Waals surface area (Å²) in [6.07, 6.45) is 10.1. The van der Waals surface area contributed by atoms with Gasteiger partial charge < -0.3 is 10.2 Å². The van der Waals surface area contributed by atoms with Crippen molar-refractivity contribution in [1.82, 2.24) is 0 Å². The van der Waals surface area contributed by atoms with Crippen LogP contribution in [0.4, 0.5) is 0 Å². The van der Waals surface area contributed by atoms with Crippen molar-refractivity contribution in [2.45, 2.75) is 58.3 Å². The monoisotopic (exact) mass is 259 g/mol. The summed E-state index contributed by atoms with van der Waals surface area (Å²) in [5.74, 6) is -0.0428. The zero-order valence-electron chi connectivity index (χ0n) is 11.8. The first-order valence-corrected chi connectivity index (χ1v) is 6.75. The second kappa shape index (κ2) is 10.7. The van der Waals surface area contributed by atoms with Crippen LogP contribution in [0.25, 0.3) is 0 Å². The molecule has 0 heterocycles. The molecule has 0 saturated heterocycles. The molecule has 1 aromatic rings. The van der Waals surface area contributed by atoms with Gasteiger partial charge in [-0.1, -0.05) is 51.5 Å². The van der Waals surface area contributed by atoms with Crippen molar-refractivity contribution in [3.8, 4) is 11.5 Å². The summed E-state index contributed by atoms with van der Waals surface area (Å²) in [7, 11) is 0. The van der Waals surface area contributed by atoms with Crippen molar-refractivity contribution in [3.63, 3.8) is 0 Å². The Labute approximate surface area is 133 Å². The number of hydrogen-bond acceptors (Lipinski definition) is 2. The smallest absolute Gasteiger partial charge is 0.157 e. The molecular formula is C15H24NaO2. The summed E-state index contributed by atoms with van der Waals surface area (Å²) in [5, 5.41) is 18.5. The van der Waals surface area contributed by atoms with Gasteiger partial charge in [0, 0.05) is 29.6 Å². The van der Waals surface area contributed by atoms with Gasteiger partial charge in [0.05, 0.1) is 0 Å². The summed E-state index contributed by atoms with van der Waals surface area (Å²) >= 11 is 0. The fraction of sp³-hybridized carbons (Fsp3) is 0.600. The average molecular weight is 259 g/mol. The van der Waals surface area contributed by atoms with Gasteiger partial charge in [-0.15, -0.1) is 0 Å². The Morgan fingerprint density at radius 3 is 2.06 bits per heavy atom. The minimum Gasteiger partial charge on any atom is -0.504 e. The van der Waals surface area contributed by atoms with Gasteiger partial charge in [0.25, 0.3) is 0 Å². The molecule has 0 amide bonds. The quantitative estimate of drug-likeness (QED) is 0.420. The van der Waals surface area contributed by atoms with E-state index in [1.54, 1.807) is 12.1 Å². The molecule has 2 nitrogen and oxygen atoms in total. The summed E-state index contributed by atoms with van der Waals surface area (Å²) in [4.78, 5) is 0. The van der Waals surface area contributed by atoms with E-state index in [2.05, 4.69) is 6.92 Å². The molecule has 1 radical (unpaired) electrons. The minimum atomic E-state index is -0.0340. The Morgan fingerprint density at radius 1 is 0.833 bits per heavy atom. The molecule has 18 heavy (non-hydrogen) atoms. The third-order valence-corrected chi connectivity index (χ3v) is 3.11. The Kier molecular flexibility index (Phi) is 10.6. The molecule has 0 atom stereocenters. The van der Waals surface area contributed by atoms with Crippen molar-refractivity contribution < 1.29 is 10.2 Å². The Morgan fingerprint density at radius 2 is 1.44 bits per heavy atom. The van der Waals surface area contributed by atoms with Gasteiger partial charge >= 0.3 is 0 Å². The van der Waals surface area contributed by atoms with E-state index >= 15 is 0 Å². The van der Waals surface area contributed by atoms with E-state index in [0.717, 1.165) is 18.4 Å². The third kappa shape index (κ3) is 7.30. The maximum Gasteiger partial charge on any atom is 0.157 e. The van der Waals surface area contributed by atoms with Crippen LogP contribution < -0.4 is 0 Å². The molecular weight excluding hydrogens is 235 g/mol. The van der Waals surface area contributed by atoms with Crippen LogP contribution in [0.5, 0.6) is 11.5 Å². The largest absolute Gasteiger partial charge is 0.504 e. The van der Waals surface area contributed by atoms with Crippen LogP contribution in [-0.4, -0.2) is 39.8 Å². The third-order valence-electron chi connectivity index (χ3n) is 3.11. The predicted molar refractivity (Wildman–Crippen MR) is 77.2 cm³/mol.